The number of sulfonamides is 1. The highest BCUT2D eigenvalue weighted by Gasteiger charge is 2.19. The number of hydrogen-bond acceptors (Lipinski definition) is 5. The first-order valence-electron chi connectivity index (χ1n) is 4.48. The summed E-state index contributed by atoms with van der Waals surface area (Å²) >= 11 is 0. The van der Waals surface area contributed by atoms with E-state index < -0.39 is 10.0 Å². The Bertz CT molecular complexity index is 415. The number of nitrogens with one attached hydrogen (secondary N) is 1. The number of nitrogens with zero attached hydrogens (tertiary/aromatic N) is 3. The topological polar surface area (TPSA) is 75.2 Å². The molecule has 0 aliphatic heterocycles. The van der Waals surface area contributed by atoms with Crippen molar-refractivity contribution in [2.24, 2.45) is 0 Å². The summed E-state index contributed by atoms with van der Waals surface area (Å²) in [7, 11) is -0.250. The molecule has 0 spiro atoms. The van der Waals surface area contributed by atoms with Crippen molar-refractivity contribution in [1.29, 1.82) is 0 Å². The first-order chi connectivity index (χ1) is 7.02. The maximum atomic E-state index is 11.8. The summed E-state index contributed by atoms with van der Waals surface area (Å²) in [6.07, 6.45) is 2.58. The third kappa shape index (κ3) is 2.42. The van der Waals surface area contributed by atoms with Gasteiger partial charge in [0, 0.05) is 20.6 Å². The molecular formula is C8H14N4O2S. The maximum absolute atomic E-state index is 11.8. The molecule has 0 aliphatic carbocycles. The molecule has 1 heterocycles. The molecule has 6 nitrogen and oxygen atoms in total. The quantitative estimate of drug-likeness (QED) is 0.797. The van der Waals surface area contributed by atoms with Crippen molar-refractivity contribution in [3.05, 3.63) is 12.4 Å². The highest BCUT2D eigenvalue weighted by molar-refractivity contribution is 7.89. The van der Waals surface area contributed by atoms with Gasteiger partial charge in [-0.2, -0.15) is 0 Å². The zero-order chi connectivity index (χ0) is 11.5. The lowest BCUT2D eigenvalue weighted by molar-refractivity contribution is 0.485. The van der Waals surface area contributed by atoms with E-state index in [1.807, 2.05) is 0 Å². The highest BCUT2D eigenvalue weighted by atomic mass is 32.2. The molecule has 0 saturated heterocycles. The van der Waals surface area contributed by atoms with E-state index in [0.29, 0.717) is 12.5 Å². The van der Waals surface area contributed by atoms with Crippen LogP contribution in [-0.4, -0.2) is 43.3 Å². The van der Waals surface area contributed by atoms with E-state index in [9.17, 15) is 8.42 Å². The van der Waals surface area contributed by atoms with Crippen molar-refractivity contribution < 1.29 is 8.42 Å². The standard InChI is InChI=1S/C8H14N4O2S/c1-4-12(3)15(13,14)7-5-10-8(9-2)11-6-7/h5-6H,4H2,1-3H3,(H,9,10,11). The lowest BCUT2D eigenvalue weighted by Gasteiger charge is -2.13. The van der Waals surface area contributed by atoms with Gasteiger partial charge in [0.2, 0.25) is 16.0 Å². The zero-order valence-corrected chi connectivity index (χ0v) is 9.74. The Labute approximate surface area is 89.4 Å². The SMILES string of the molecule is CCN(C)S(=O)(=O)c1cnc(NC)nc1. The summed E-state index contributed by atoms with van der Waals surface area (Å²) in [6.45, 7) is 2.18. The van der Waals surface area contributed by atoms with Crippen molar-refractivity contribution in [3.8, 4) is 0 Å². The van der Waals surface area contributed by atoms with Crippen LogP contribution in [0.25, 0.3) is 0 Å². The largest absolute Gasteiger partial charge is 0.357 e. The first-order valence-corrected chi connectivity index (χ1v) is 5.92. The van der Waals surface area contributed by atoms with Crippen molar-refractivity contribution in [2.75, 3.05) is 26.0 Å². The summed E-state index contributed by atoms with van der Waals surface area (Å²) < 4.78 is 24.8. The Kier molecular flexibility index (Phi) is 3.59. The van der Waals surface area contributed by atoms with Gasteiger partial charge in [-0.05, 0) is 0 Å². The normalized spacial score (nSPS) is 11.7. The Morgan fingerprint density at radius 3 is 2.33 bits per heavy atom. The van der Waals surface area contributed by atoms with Crippen LogP contribution in [0.5, 0.6) is 0 Å². The molecule has 7 heteroatoms. The van der Waals surface area contributed by atoms with Gasteiger partial charge in [0.1, 0.15) is 4.90 Å². The molecule has 15 heavy (non-hydrogen) atoms. The van der Waals surface area contributed by atoms with Crippen molar-refractivity contribution in [1.82, 2.24) is 14.3 Å². The van der Waals surface area contributed by atoms with Gasteiger partial charge in [-0.3, -0.25) is 0 Å². The molecule has 0 aromatic carbocycles. The van der Waals surface area contributed by atoms with Gasteiger partial charge in [-0.15, -0.1) is 0 Å². The molecule has 0 saturated carbocycles. The summed E-state index contributed by atoms with van der Waals surface area (Å²) in [5.74, 6) is 0.396. The number of aromatic nitrogens is 2. The van der Waals surface area contributed by atoms with Crippen LogP contribution in [0.4, 0.5) is 5.95 Å². The number of anilines is 1. The van der Waals surface area contributed by atoms with Crippen LogP contribution < -0.4 is 5.32 Å². The summed E-state index contributed by atoms with van der Waals surface area (Å²) in [6, 6.07) is 0. The second-order valence-electron chi connectivity index (χ2n) is 2.91. The predicted molar refractivity (Wildman–Crippen MR) is 57.1 cm³/mol. The fraction of sp³-hybridized carbons (Fsp3) is 0.500. The van der Waals surface area contributed by atoms with Crippen LogP contribution in [0.1, 0.15) is 6.92 Å². The molecule has 0 amide bonds. The van der Waals surface area contributed by atoms with Gasteiger partial charge in [0.25, 0.3) is 0 Å². The van der Waals surface area contributed by atoms with E-state index in [0.717, 1.165) is 0 Å². The van der Waals surface area contributed by atoms with Gasteiger partial charge in [0.05, 0.1) is 12.4 Å². The summed E-state index contributed by atoms with van der Waals surface area (Å²) in [5, 5.41) is 2.72. The molecular weight excluding hydrogens is 216 g/mol. The first kappa shape index (κ1) is 11.9. The van der Waals surface area contributed by atoms with Crippen LogP contribution in [0.3, 0.4) is 0 Å². The fourth-order valence-electron chi connectivity index (χ4n) is 0.928. The van der Waals surface area contributed by atoms with Crippen LogP contribution in [0, 0.1) is 0 Å². The number of rotatable bonds is 4. The van der Waals surface area contributed by atoms with E-state index in [1.54, 1.807) is 14.0 Å². The monoisotopic (exact) mass is 230 g/mol. The molecule has 0 radical (unpaired) electrons. The van der Waals surface area contributed by atoms with E-state index in [-0.39, 0.29) is 4.90 Å². The molecule has 1 rings (SSSR count). The fourth-order valence-corrected chi connectivity index (χ4v) is 2.00. The number of hydrogen-bond donors (Lipinski definition) is 1. The highest BCUT2D eigenvalue weighted by Crippen LogP contribution is 2.12. The predicted octanol–water partition coefficient (Wildman–Crippen LogP) is 0.159. The van der Waals surface area contributed by atoms with Crippen molar-refractivity contribution in [3.63, 3.8) is 0 Å². The van der Waals surface area contributed by atoms with Gasteiger partial charge in [-0.1, -0.05) is 6.92 Å². The second-order valence-corrected chi connectivity index (χ2v) is 4.96. The van der Waals surface area contributed by atoms with Crippen molar-refractivity contribution >= 4 is 16.0 Å². The Morgan fingerprint density at radius 2 is 1.93 bits per heavy atom. The molecule has 0 unspecified atom stereocenters. The lowest BCUT2D eigenvalue weighted by Crippen LogP contribution is -2.26. The Balaban J connectivity index is 3.06. The minimum absolute atomic E-state index is 0.103. The third-order valence-electron chi connectivity index (χ3n) is 2.01. The molecule has 0 fully saturated rings. The van der Waals surface area contributed by atoms with Gasteiger partial charge >= 0.3 is 0 Å². The average molecular weight is 230 g/mol. The Morgan fingerprint density at radius 1 is 1.40 bits per heavy atom. The van der Waals surface area contributed by atoms with Gasteiger partial charge < -0.3 is 5.32 Å². The van der Waals surface area contributed by atoms with Crippen LogP contribution >= 0.6 is 0 Å². The Hall–Kier alpha value is -1.21. The summed E-state index contributed by atoms with van der Waals surface area (Å²) in [5.41, 5.74) is 0. The average Bonchev–Trinajstić information content (AvgIpc) is 2.28. The van der Waals surface area contributed by atoms with Gasteiger partial charge in [0.15, 0.2) is 0 Å². The third-order valence-corrected chi connectivity index (χ3v) is 3.89. The van der Waals surface area contributed by atoms with E-state index >= 15 is 0 Å². The smallest absolute Gasteiger partial charge is 0.245 e. The minimum atomic E-state index is -3.43. The van der Waals surface area contributed by atoms with E-state index in [2.05, 4.69) is 15.3 Å². The van der Waals surface area contributed by atoms with Crippen molar-refractivity contribution in [2.45, 2.75) is 11.8 Å². The van der Waals surface area contributed by atoms with Crippen LogP contribution in [-0.2, 0) is 10.0 Å². The zero-order valence-electron chi connectivity index (χ0n) is 8.93. The van der Waals surface area contributed by atoms with Crippen LogP contribution in [0.15, 0.2) is 17.3 Å². The molecule has 0 aliphatic rings. The van der Waals surface area contributed by atoms with E-state index in [1.165, 1.54) is 23.7 Å². The second kappa shape index (κ2) is 4.54. The van der Waals surface area contributed by atoms with E-state index in [4.69, 9.17) is 0 Å². The minimum Gasteiger partial charge on any atom is -0.357 e. The van der Waals surface area contributed by atoms with Gasteiger partial charge in [-0.25, -0.2) is 22.7 Å². The van der Waals surface area contributed by atoms with Crippen LogP contribution in [0.2, 0.25) is 0 Å². The maximum Gasteiger partial charge on any atom is 0.245 e. The molecule has 1 aromatic heterocycles. The lowest BCUT2D eigenvalue weighted by atomic mass is 10.7. The molecule has 84 valence electrons. The molecule has 1 N–H and O–H groups in total. The molecule has 1 aromatic rings. The molecule has 0 atom stereocenters. The summed E-state index contributed by atoms with van der Waals surface area (Å²) in [4.78, 5) is 7.81. The molecule has 0 bridgehead atoms.